The Morgan fingerprint density at radius 1 is 1.04 bits per heavy atom. The lowest BCUT2D eigenvalue weighted by Crippen LogP contribution is -2.27. The van der Waals surface area contributed by atoms with Crippen molar-refractivity contribution in [2.24, 2.45) is 0 Å². The predicted molar refractivity (Wildman–Crippen MR) is 103 cm³/mol. The van der Waals surface area contributed by atoms with E-state index in [2.05, 4.69) is 19.7 Å². The van der Waals surface area contributed by atoms with Gasteiger partial charge in [-0.2, -0.15) is 0 Å². The van der Waals surface area contributed by atoms with Crippen molar-refractivity contribution in [1.82, 2.24) is 19.7 Å². The molecule has 0 spiro atoms. The van der Waals surface area contributed by atoms with Gasteiger partial charge in [-0.3, -0.25) is 4.90 Å². The molecule has 0 N–H and O–H groups in total. The number of rotatable bonds is 6. The van der Waals surface area contributed by atoms with Gasteiger partial charge in [0.05, 0.1) is 26.9 Å². The van der Waals surface area contributed by atoms with E-state index in [-0.39, 0.29) is 6.10 Å². The van der Waals surface area contributed by atoms with Crippen LogP contribution >= 0.6 is 0 Å². The van der Waals surface area contributed by atoms with Gasteiger partial charge >= 0.3 is 0 Å². The molecule has 0 bridgehead atoms. The second-order valence-electron chi connectivity index (χ2n) is 7.16. The number of nitrogens with zero attached hydrogens (tertiary/aromatic N) is 4. The van der Waals surface area contributed by atoms with Crippen LogP contribution in [0.1, 0.15) is 36.2 Å². The maximum absolute atomic E-state index is 5.83. The van der Waals surface area contributed by atoms with Crippen molar-refractivity contribution in [3.8, 4) is 17.2 Å². The molecule has 1 fully saturated rings. The zero-order valence-electron chi connectivity index (χ0n) is 16.8. The number of fused-ring (bicyclic) bond motifs is 1. The highest BCUT2D eigenvalue weighted by molar-refractivity contribution is 5.50. The van der Waals surface area contributed by atoms with Gasteiger partial charge in [0.25, 0.3) is 0 Å². The molecule has 1 aromatic heterocycles. The summed E-state index contributed by atoms with van der Waals surface area (Å²) in [6.45, 7) is 4.23. The largest absolute Gasteiger partial charge is 0.496 e. The van der Waals surface area contributed by atoms with Gasteiger partial charge in [-0.05, 0) is 12.8 Å². The van der Waals surface area contributed by atoms with Crippen LogP contribution < -0.4 is 14.2 Å². The molecule has 0 aliphatic carbocycles. The molecule has 2 aromatic rings. The number of hydrogen-bond acceptors (Lipinski definition) is 7. The van der Waals surface area contributed by atoms with Crippen LogP contribution in [-0.2, 0) is 24.2 Å². The fraction of sp³-hybridized carbons (Fsp3) is 0.600. The van der Waals surface area contributed by atoms with E-state index in [4.69, 9.17) is 18.9 Å². The monoisotopic (exact) mass is 388 g/mol. The molecular formula is C20H28N4O4. The van der Waals surface area contributed by atoms with E-state index in [9.17, 15) is 0 Å². The number of aromatic nitrogens is 3. The molecule has 1 unspecified atom stereocenters. The van der Waals surface area contributed by atoms with Gasteiger partial charge in [0.2, 0.25) is 0 Å². The zero-order chi connectivity index (χ0) is 19.5. The summed E-state index contributed by atoms with van der Waals surface area (Å²) in [4.78, 5) is 2.40. The van der Waals surface area contributed by atoms with Crippen molar-refractivity contribution in [3.05, 3.63) is 29.3 Å². The quantitative estimate of drug-likeness (QED) is 0.751. The molecule has 0 radical (unpaired) electrons. The molecule has 28 heavy (non-hydrogen) atoms. The Morgan fingerprint density at radius 2 is 1.82 bits per heavy atom. The summed E-state index contributed by atoms with van der Waals surface area (Å²) in [5.74, 6) is 4.30. The van der Waals surface area contributed by atoms with Crippen molar-refractivity contribution >= 4 is 0 Å². The van der Waals surface area contributed by atoms with E-state index >= 15 is 0 Å². The van der Waals surface area contributed by atoms with Crippen molar-refractivity contribution in [1.29, 1.82) is 0 Å². The van der Waals surface area contributed by atoms with E-state index in [1.165, 1.54) is 0 Å². The summed E-state index contributed by atoms with van der Waals surface area (Å²) in [6.07, 6.45) is 3.08. The maximum atomic E-state index is 5.83. The molecule has 4 rings (SSSR count). The fourth-order valence-electron chi connectivity index (χ4n) is 4.02. The third kappa shape index (κ3) is 3.66. The highest BCUT2D eigenvalue weighted by Crippen LogP contribution is 2.35. The van der Waals surface area contributed by atoms with Gasteiger partial charge < -0.3 is 23.5 Å². The van der Waals surface area contributed by atoms with Gasteiger partial charge in [-0.1, -0.05) is 0 Å². The first-order valence-corrected chi connectivity index (χ1v) is 9.78. The third-order valence-electron chi connectivity index (χ3n) is 5.56. The first-order valence-electron chi connectivity index (χ1n) is 9.78. The molecular weight excluding hydrogens is 360 g/mol. The smallest absolute Gasteiger partial charge is 0.162 e. The SMILES string of the molecule is COc1cc(OC)c(CN2CCc3nnc(C4CCCO4)n3CC2)c(OC)c1. The second-order valence-corrected chi connectivity index (χ2v) is 7.16. The molecule has 8 heteroatoms. The molecule has 0 saturated carbocycles. The van der Waals surface area contributed by atoms with Crippen LogP contribution in [0.15, 0.2) is 12.1 Å². The van der Waals surface area contributed by atoms with Gasteiger partial charge in [0.1, 0.15) is 29.2 Å². The van der Waals surface area contributed by atoms with Gasteiger partial charge in [0, 0.05) is 51.3 Å². The Bertz CT molecular complexity index is 792. The molecule has 1 aromatic carbocycles. The third-order valence-corrected chi connectivity index (χ3v) is 5.56. The standard InChI is InChI=1S/C20H28N4O4/c1-25-14-11-17(26-2)15(18(12-14)27-3)13-23-7-6-19-21-22-20(24(19)9-8-23)16-5-4-10-28-16/h11-12,16H,4-10,13H2,1-3H3. The molecule has 2 aliphatic heterocycles. The van der Waals surface area contributed by atoms with Crippen LogP contribution in [0.5, 0.6) is 17.2 Å². The molecule has 0 amide bonds. The zero-order valence-corrected chi connectivity index (χ0v) is 16.8. The molecule has 2 aliphatic rings. The van der Waals surface area contributed by atoms with Crippen LogP contribution in [0, 0.1) is 0 Å². The van der Waals surface area contributed by atoms with Crippen molar-refractivity contribution in [2.45, 2.75) is 38.5 Å². The average molecular weight is 388 g/mol. The molecule has 152 valence electrons. The summed E-state index contributed by atoms with van der Waals surface area (Å²) < 4.78 is 24.6. The number of benzene rings is 1. The summed E-state index contributed by atoms with van der Waals surface area (Å²) in [5, 5.41) is 8.85. The van der Waals surface area contributed by atoms with Crippen molar-refractivity contribution < 1.29 is 18.9 Å². The molecule has 3 heterocycles. The second kappa shape index (κ2) is 8.36. The predicted octanol–water partition coefficient (Wildman–Crippen LogP) is 2.21. The summed E-state index contributed by atoms with van der Waals surface area (Å²) >= 11 is 0. The van der Waals surface area contributed by atoms with E-state index in [1.807, 2.05) is 12.1 Å². The van der Waals surface area contributed by atoms with Crippen LogP contribution in [0.2, 0.25) is 0 Å². The number of methoxy groups -OCH3 is 3. The summed E-state index contributed by atoms with van der Waals surface area (Å²) in [6, 6.07) is 3.81. The van der Waals surface area contributed by atoms with E-state index < -0.39 is 0 Å². The van der Waals surface area contributed by atoms with Crippen molar-refractivity contribution in [3.63, 3.8) is 0 Å². The highest BCUT2D eigenvalue weighted by atomic mass is 16.5. The lowest BCUT2D eigenvalue weighted by Gasteiger charge is -2.23. The number of ether oxygens (including phenoxy) is 4. The minimum Gasteiger partial charge on any atom is -0.496 e. The number of hydrogen-bond donors (Lipinski definition) is 0. The summed E-state index contributed by atoms with van der Waals surface area (Å²) in [7, 11) is 4.99. The van der Waals surface area contributed by atoms with Crippen LogP contribution in [0.25, 0.3) is 0 Å². The molecule has 8 nitrogen and oxygen atoms in total. The first-order chi connectivity index (χ1) is 13.7. The maximum Gasteiger partial charge on any atom is 0.162 e. The Morgan fingerprint density at radius 3 is 2.46 bits per heavy atom. The Balaban J connectivity index is 1.51. The molecule has 1 saturated heterocycles. The van der Waals surface area contributed by atoms with Gasteiger partial charge in [-0.15, -0.1) is 10.2 Å². The van der Waals surface area contributed by atoms with Crippen LogP contribution in [0.3, 0.4) is 0 Å². The molecule has 1 atom stereocenters. The fourth-order valence-corrected chi connectivity index (χ4v) is 4.02. The Hall–Kier alpha value is -2.32. The van der Waals surface area contributed by atoms with E-state index in [0.717, 1.165) is 86.5 Å². The van der Waals surface area contributed by atoms with Crippen LogP contribution in [0.4, 0.5) is 0 Å². The summed E-state index contributed by atoms with van der Waals surface area (Å²) in [5.41, 5.74) is 1.03. The lowest BCUT2D eigenvalue weighted by atomic mass is 10.1. The van der Waals surface area contributed by atoms with E-state index in [0.29, 0.717) is 0 Å². The van der Waals surface area contributed by atoms with Crippen molar-refractivity contribution in [2.75, 3.05) is 41.0 Å². The minimum atomic E-state index is 0.0922. The topological polar surface area (TPSA) is 70.9 Å². The van der Waals surface area contributed by atoms with Gasteiger partial charge in [0.15, 0.2) is 5.82 Å². The normalized spacial score (nSPS) is 19.9. The Labute approximate surface area is 165 Å². The van der Waals surface area contributed by atoms with E-state index in [1.54, 1.807) is 21.3 Å². The average Bonchev–Trinajstić information content (AvgIpc) is 3.35. The van der Waals surface area contributed by atoms with Crippen LogP contribution in [-0.4, -0.2) is 60.7 Å². The highest BCUT2D eigenvalue weighted by Gasteiger charge is 2.27. The Kier molecular flexibility index (Phi) is 5.68. The minimum absolute atomic E-state index is 0.0922. The van der Waals surface area contributed by atoms with Gasteiger partial charge in [-0.25, -0.2) is 0 Å². The lowest BCUT2D eigenvalue weighted by molar-refractivity contribution is 0.101. The first kappa shape index (κ1) is 19.0.